The van der Waals surface area contributed by atoms with Gasteiger partial charge in [0, 0.05) is 6.92 Å². The predicted octanol–water partition coefficient (Wildman–Crippen LogP) is 2.58. The Morgan fingerprint density at radius 1 is 1.54 bits per heavy atom. The SMILES string of the molecule is C#CCOc1c(Br)cc(/C=C2/SC(NC(C)=O)=NC2=O)cc1OC. The molecule has 0 spiro atoms. The van der Waals surface area contributed by atoms with Gasteiger partial charge in [0.2, 0.25) is 5.91 Å². The van der Waals surface area contributed by atoms with Crippen LogP contribution in [0.5, 0.6) is 11.5 Å². The maximum Gasteiger partial charge on any atom is 0.286 e. The first-order valence-corrected chi connectivity index (χ1v) is 8.29. The van der Waals surface area contributed by atoms with Crippen molar-refractivity contribution in [2.75, 3.05) is 13.7 Å². The molecule has 1 aromatic rings. The van der Waals surface area contributed by atoms with Gasteiger partial charge in [-0.3, -0.25) is 9.59 Å². The van der Waals surface area contributed by atoms with Gasteiger partial charge in [-0.25, -0.2) is 0 Å². The van der Waals surface area contributed by atoms with Gasteiger partial charge in [0.25, 0.3) is 5.91 Å². The molecule has 24 heavy (non-hydrogen) atoms. The molecule has 2 amide bonds. The molecule has 0 saturated heterocycles. The van der Waals surface area contributed by atoms with Gasteiger partial charge in [-0.15, -0.1) is 6.42 Å². The number of nitrogens with one attached hydrogen (secondary N) is 1. The topological polar surface area (TPSA) is 77.0 Å². The molecule has 0 aromatic heterocycles. The number of amides is 2. The molecule has 0 saturated carbocycles. The van der Waals surface area contributed by atoms with E-state index in [2.05, 4.69) is 32.2 Å². The van der Waals surface area contributed by atoms with Crippen molar-refractivity contribution >= 4 is 50.7 Å². The van der Waals surface area contributed by atoms with Crippen LogP contribution in [0.1, 0.15) is 12.5 Å². The van der Waals surface area contributed by atoms with Crippen molar-refractivity contribution < 1.29 is 19.1 Å². The van der Waals surface area contributed by atoms with E-state index < -0.39 is 5.91 Å². The van der Waals surface area contributed by atoms with Gasteiger partial charge < -0.3 is 14.8 Å². The highest BCUT2D eigenvalue weighted by molar-refractivity contribution is 9.10. The lowest BCUT2D eigenvalue weighted by atomic mass is 10.2. The monoisotopic (exact) mass is 408 g/mol. The fourth-order valence-electron chi connectivity index (χ4n) is 1.84. The van der Waals surface area contributed by atoms with Crippen LogP contribution in [0.25, 0.3) is 6.08 Å². The Balaban J connectivity index is 2.28. The second kappa shape index (κ2) is 8.04. The number of hydrogen-bond donors (Lipinski definition) is 1. The van der Waals surface area contributed by atoms with E-state index in [0.717, 1.165) is 11.8 Å². The summed E-state index contributed by atoms with van der Waals surface area (Å²) in [5.74, 6) is 2.65. The smallest absolute Gasteiger partial charge is 0.286 e. The van der Waals surface area contributed by atoms with Crippen LogP contribution in [-0.4, -0.2) is 30.7 Å². The number of methoxy groups -OCH3 is 1. The molecule has 6 nitrogen and oxygen atoms in total. The Morgan fingerprint density at radius 3 is 2.92 bits per heavy atom. The standard InChI is InChI=1S/C16H13BrN2O4S/c1-4-5-23-14-11(17)6-10(7-12(14)22-3)8-13-15(21)19-16(24-13)18-9(2)20/h1,6-8H,5H2,2-3H3,(H,18,19,20,21)/b13-8+. The van der Waals surface area contributed by atoms with E-state index in [1.165, 1.54) is 14.0 Å². The van der Waals surface area contributed by atoms with E-state index in [4.69, 9.17) is 15.9 Å². The van der Waals surface area contributed by atoms with Crippen molar-refractivity contribution in [3.8, 4) is 23.8 Å². The second-order valence-electron chi connectivity index (χ2n) is 4.54. The number of hydrogen-bond acceptors (Lipinski definition) is 5. The lowest BCUT2D eigenvalue weighted by Crippen LogP contribution is -2.23. The summed E-state index contributed by atoms with van der Waals surface area (Å²) in [6.45, 7) is 1.46. The largest absolute Gasteiger partial charge is 0.493 e. The second-order valence-corrected chi connectivity index (χ2v) is 6.43. The molecule has 0 unspecified atom stereocenters. The van der Waals surface area contributed by atoms with Crippen LogP contribution >= 0.6 is 27.7 Å². The fraction of sp³-hybridized carbons (Fsp3) is 0.188. The summed E-state index contributed by atoms with van der Waals surface area (Å²) in [4.78, 5) is 27.1. The molecule has 1 heterocycles. The molecule has 0 bridgehead atoms. The van der Waals surface area contributed by atoms with E-state index >= 15 is 0 Å². The highest BCUT2D eigenvalue weighted by atomic mass is 79.9. The van der Waals surface area contributed by atoms with Crippen LogP contribution in [-0.2, 0) is 9.59 Å². The molecule has 2 rings (SSSR count). The molecule has 0 aliphatic carbocycles. The van der Waals surface area contributed by atoms with Crippen molar-refractivity contribution in [2.24, 2.45) is 4.99 Å². The predicted molar refractivity (Wildman–Crippen MR) is 96.8 cm³/mol. The van der Waals surface area contributed by atoms with Crippen molar-refractivity contribution in [3.05, 3.63) is 27.1 Å². The summed E-state index contributed by atoms with van der Waals surface area (Å²) in [6, 6.07) is 3.49. The van der Waals surface area contributed by atoms with E-state index in [-0.39, 0.29) is 17.7 Å². The minimum absolute atomic E-state index is 0.109. The zero-order valence-electron chi connectivity index (χ0n) is 12.9. The Bertz CT molecular complexity index is 796. The molecule has 0 fully saturated rings. The van der Waals surface area contributed by atoms with Crippen LogP contribution in [0, 0.1) is 12.3 Å². The van der Waals surface area contributed by atoms with Gasteiger partial charge in [-0.05, 0) is 51.5 Å². The summed E-state index contributed by atoms with van der Waals surface area (Å²) in [5, 5.41) is 2.76. The summed E-state index contributed by atoms with van der Waals surface area (Å²) >= 11 is 4.49. The normalized spacial score (nSPS) is 15.0. The lowest BCUT2D eigenvalue weighted by Gasteiger charge is -2.12. The van der Waals surface area contributed by atoms with E-state index in [1.54, 1.807) is 18.2 Å². The summed E-state index contributed by atoms with van der Waals surface area (Å²) in [7, 11) is 1.51. The molecule has 0 radical (unpaired) electrons. The van der Waals surface area contributed by atoms with E-state index in [0.29, 0.717) is 26.4 Å². The number of carbonyl (C=O) groups is 2. The number of thioether (sulfide) groups is 1. The molecule has 1 aliphatic heterocycles. The lowest BCUT2D eigenvalue weighted by molar-refractivity contribution is -0.117. The number of halogens is 1. The average Bonchev–Trinajstić information content (AvgIpc) is 2.84. The third kappa shape index (κ3) is 4.40. The number of amidine groups is 1. The van der Waals surface area contributed by atoms with Crippen LogP contribution in [0.4, 0.5) is 0 Å². The minimum atomic E-state index is -0.411. The Labute approximate surface area is 151 Å². The number of aliphatic imine (C=N–C) groups is 1. The molecule has 1 aromatic carbocycles. The number of terminal acetylenes is 1. The first kappa shape index (κ1) is 18.1. The van der Waals surface area contributed by atoms with Crippen molar-refractivity contribution in [1.29, 1.82) is 0 Å². The van der Waals surface area contributed by atoms with Gasteiger partial charge in [0.1, 0.15) is 6.61 Å². The molecule has 8 heteroatoms. The summed E-state index contributed by atoms with van der Waals surface area (Å²) < 4.78 is 11.4. The maximum absolute atomic E-state index is 11.9. The van der Waals surface area contributed by atoms with Gasteiger partial charge in [-0.2, -0.15) is 4.99 Å². The Kier molecular flexibility index (Phi) is 6.06. The molecule has 1 N–H and O–H groups in total. The van der Waals surface area contributed by atoms with Gasteiger partial charge in [0.15, 0.2) is 16.7 Å². The third-order valence-corrected chi connectivity index (χ3v) is 4.24. The fourth-order valence-corrected chi connectivity index (χ4v) is 3.28. The zero-order valence-corrected chi connectivity index (χ0v) is 15.3. The quantitative estimate of drug-likeness (QED) is 0.611. The van der Waals surface area contributed by atoms with Crippen LogP contribution < -0.4 is 14.8 Å². The van der Waals surface area contributed by atoms with Gasteiger partial charge >= 0.3 is 0 Å². The van der Waals surface area contributed by atoms with Crippen LogP contribution in [0.3, 0.4) is 0 Å². The van der Waals surface area contributed by atoms with Crippen LogP contribution in [0.2, 0.25) is 0 Å². The van der Waals surface area contributed by atoms with E-state index in [9.17, 15) is 9.59 Å². The Morgan fingerprint density at radius 2 is 2.29 bits per heavy atom. The van der Waals surface area contributed by atoms with Crippen molar-refractivity contribution in [2.45, 2.75) is 6.92 Å². The molecular formula is C16H13BrN2O4S. The number of ether oxygens (including phenoxy) is 2. The maximum atomic E-state index is 11.9. The molecule has 0 atom stereocenters. The molecule has 124 valence electrons. The average molecular weight is 409 g/mol. The first-order valence-electron chi connectivity index (χ1n) is 6.68. The Hall–Kier alpha value is -2.24. The van der Waals surface area contributed by atoms with Gasteiger partial charge in [0.05, 0.1) is 16.5 Å². The number of rotatable bonds is 4. The first-order chi connectivity index (χ1) is 11.4. The van der Waals surface area contributed by atoms with Crippen molar-refractivity contribution in [3.63, 3.8) is 0 Å². The summed E-state index contributed by atoms with van der Waals surface area (Å²) in [5.41, 5.74) is 0.710. The number of nitrogens with zero attached hydrogens (tertiary/aromatic N) is 1. The minimum Gasteiger partial charge on any atom is -0.493 e. The van der Waals surface area contributed by atoms with Crippen LogP contribution in [0.15, 0.2) is 26.5 Å². The van der Waals surface area contributed by atoms with Crippen molar-refractivity contribution in [1.82, 2.24) is 5.32 Å². The zero-order chi connectivity index (χ0) is 17.7. The van der Waals surface area contributed by atoms with E-state index in [1.807, 2.05) is 0 Å². The highest BCUT2D eigenvalue weighted by Crippen LogP contribution is 2.38. The number of carbonyl (C=O) groups excluding carboxylic acids is 2. The molecule has 1 aliphatic rings. The summed E-state index contributed by atoms with van der Waals surface area (Å²) in [6.07, 6.45) is 6.85. The highest BCUT2D eigenvalue weighted by Gasteiger charge is 2.23. The third-order valence-electron chi connectivity index (χ3n) is 2.75. The number of benzene rings is 1. The molecular weight excluding hydrogens is 396 g/mol. The van der Waals surface area contributed by atoms with Gasteiger partial charge in [-0.1, -0.05) is 5.92 Å².